The fourth-order valence-electron chi connectivity index (χ4n) is 2.00. The summed E-state index contributed by atoms with van der Waals surface area (Å²) in [5.74, 6) is 0. The molecule has 3 rings (SSSR count). The van der Waals surface area contributed by atoms with Crippen molar-refractivity contribution in [3.05, 3.63) is 42.0 Å². The molecule has 0 fully saturated rings. The standard InChI is InChI=1S/C12H11N3/c1-8-7-9(2)14-11-10(8)3-5-15-6-4-13-12(11)15/h3-7H,1-2H3. The molecule has 0 aliphatic heterocycles. The summed E-state index contributed by atoms with van der Waals surface area (Å²) in [7, 11) is 0. The van der Waals surface area contributed by atoms with E-state index in [1.807, 2.05) is 23.7 Å². The van der Waals surface area contributed by atoms with Gasteiger partial charge in [0.25, 0.3) is 0 Å². The lowest BCUT2D eigenvalue weighted by molar-refractivity contribution is 1.17. The summed E-state index contributed by atoms with van der Waals surface area (Å²) in [4.78, 5) is 8.88. The third-order valence-corrected chi connectivity index (χ3v) is 2.68. The highest BCUT2D eigenvalue weighted by molar-refractivity contribution is 5.92. The van der Waals surface area contributed by atoms with Crippen LogP contribution in [0.2, 0.25) is 0 Å². The number of aromatic nitrogens is 3. The Morgan fingerprint density at radius 2 is 2.07 bits per heavy atom. The Morgan fingerprint density at radius 1 is 1.20 bits per heavy atom. The highest BCUT2D eigenvalue weighted by Gasteiger charge is 2.05. The molecule has 3 heteroatoms. The summed E-state index contributed by atoms with van der Waals surface area (Å²) in [6, 6.07) is 4.19. The van der Waals surface area contributed by atoms with E-state index in [-0.39, 0.29) is 0 Å². The van der Waals surface area contributed by atoms with Gasteiger partial charge in [-0.1, -0.05) is 0 Å². The molecule has 0 saturated heterocycles. The lowest BCUT2D eigenvalue weighted by Crippen LogP contribution is -1.92. The first-order chi connectivity index (χ1) is 7.25. The molecule has 0 N–H and O–H groups in total. The summed E-state index contributed by atoms with van der Waals surface area (Å²) >= 11 is 0. The number of pyridine rings is 2. The van der Waals surface area contributed by atoms with Crippen LogP contribution in [0, 0.1) is 13.8 Å². The Bertz CT molecular complexity index is 652. The van der Waals surface area contributed by atoms with Gasteiger partial charge in [-0.25, -0.2) is 9.97 Å². The van der Waals surface area contributed by atoms with Crippen LogP contribution in [0.3, 0.4) is 0 Å². The summed E-state index contributed by atoms with van der Waals surface area (Å²) in [6.07, 6.45) is 5.76. The summed E-state index contributed by atoms with van der Waals surface area (Å²) in [5, 5.41) is 1.18. The average molecular weight is 197 g/mol. The van der Waals surface area contributed by atoms with Crippen LogP contribution in [0.4, 0.5) is 0 Å². The molecule has 3 nitrogen and oxygen atoms in total. The van der Waals surface area contributed by atoms with Crippen molar-refractivity contribution in [1.82, 2.24) is 14.4 Å². The molecule has 0 aromatic carbocycles. The lowest BCUT2D eigenvalue weighted by atomic mass is 10.1. The number of aryl methyl sites for hydroxylation is 2. The van der Waals surface area contributed by atoms with Crippen molar-refractivity contribution in [2.45, 2.75) is 13.8 Å². The highest BCUT2D eigenvalue weighted by Crippen LogP contribution is 2.20. The van der Waals surface area contributed by atoms with E-state index in [9.17, 15) is 0 Å². The molecule has 15 heavy (non-hydrogen) atoms. The van der Waals surface area contributed by atoms with Crippen LogP contribution in [-0.2, 0) is 0 Å². The molecule has 0 unspecified atom stereocenters. The largest absolute Gasteiger partial charge is 0.305 e. The second-order valence-corrected chi connectivity index (χ2v) is 3.82. The highest BCUT2D eigenvalue weighted by atomic mass is 15.0. The van der Waals surface area contributed by atoms with Crippen LogP contribution in [0.5, 0.6) is 0 Å². The first kappa shape index (κ1) is 8.41. The van der Waals surface area contributed by atoms with E-state index in [1.165, 1.54) is 10.9 Å². The smallest absolute Gasteiger partial charge is 0.163 e. The van der Waals surface area contributed by atoms with Gasteiger partial charge in [-0.05, 0) is 31.5 Å². The van der Waals surface area contributed by atoms with Gasteiger partial charge in [-0.2, -0.15) is 0 Å². The maximum absolute atomic E-state index is 4.55. The number of nitrogens with zero attached hydrogens (tertiary/aromatic N) is 3. The normalized spacial score (nSPS) is 11.3. The van der Waals surface area contributed by atoms with Gasteiger partial charge >= 0.3 is 0 Å². The second-order valence-electron chi connectivity index (χ2n) is 3.82. The number of fused-ring (bicyclic) bond motifs is 3. The van der Waals surface area contributed by atoms with Crippen molar-refractivity contribution < 1.29 is 0 Å². The SMILES string of the molecule is Cc1cc(C)c2ccn3ccnc3c2n1. The predicted octanol–water partition coefficient (Wildman–Crippen LogP) is 2.50. The fourth-order valence-corrected chi connectivity index (χ4v) is 2.00. The lowest BCUT2D eigenvalue weighted by Gasteiger charge is -2.04. The van der Waals surface area contributed by atoms with Gasteiger partial charge in [-0.15, -0.1) is 0 Å². The van der Waals surface area contributed by atoms with Gasteiger partial charge in [0.1, 0.15) is 5.52 Å². The molecule has 3 aromatic heterocycles. The van der Waals surface area contributed by atoms with E-state index in [4.69, 9.17) is 0 Å². The molecule has 0 aliphatic rings. The van der Waals surface area contributed by atoms with Gasteiger partial charge in [-0.3, -0.25) is 0 Å². The minimum atomic E-state index is 0.930. The Balaban J connectivity index is 2.61. The predicted molar refractivity (Wildman–Crippen MR) is 60.0 cm³/mol. The minimum absolute atomic E-state index is 0.930. The van der Waals surface area contributed by atoms with E-state index < -0.39 is 0 Å². The van der Waals surface area contributed by atoms with E-state index >= 15 is 0 Å². The van der Waals surface area contributed by atoms with Gasteiger partial charge in [0.05, 0.1) is 0 Å². The van der Waals surface area contributed by atoms with E-state index in [0.717, 1.165) is 16.9 Å². The van der Waals surface area contributed by atoms with Crippen molar-refractivity contribution in [3.63, 3.8) is 0 Å². The number of hydrogen-bond acceptors (Lipinski definition) is 2. The zero-order valence-electron chi connectivity index (χ0n) is 8.73. The van der Waals surface area contributed by atoms with Crippen molar-refractivity contribution in [3.8, 4) is 0 Å². The van der Waals surface area contributed by atoms with Gasteiger partial charge < -0.3 is 4.40 Å². The molecule has 0 saturated carbocycles. The van der Waals surface area contributed by atoms with Crippen LogP contribution >= 0.6 is 0 Å². The maximum atomic E-state index is 4.55. The fraction of sp³-hybridized carbons (Fsp3) is 0.167. The van der Waals surface area contributed by atoms with Crippen LogP contribution in [0.25, 0.3) is 16.6 Å². The van der Waals surface area contributed by atoms with Gasteiger partial charge in [0, 0.05) is 29.7 Å². The quantitative estimate of drug-likeness (QED) is 0.554. The molecule has 0 radical (unpaired) electrons. The van der Waals surface area contributed by atoms with Crippen LogP contribution < -0.4 is 0 Å². The van der Waals surface area contributed by atoms with Crippen LogP contribution in [-0.4, -0.2) is 14.4 Å². The molecule has 0 aliphatic carbocycles. The first-order valence-corrected chi connectivity index (χ1v) is 4.95. The van der Waals surface area contributed by atoms with Crippen molar-refractivity contribution in [1.29, 1.82) is 0 Å². The Kier molecular flexibility index (Phi) is 1.57. The topological polar surface area (TPSA) is 30.2 Å². The third kappa shape index (κ3) is 1.13. The van der Waals surface area contributed by atoms with Crippen molar-refractivity contribution in [2.24, 2.45) is 0 Å². The van der Waals surface area contributed by atoms with Gasteiger partial charge in [0.15, 0.2) is 5.65 Å². The molecule has 3 aromatic rings. The number of hydrogen-bond donors (Lipinski definition) is 0. The molecule has 0 bridgehead atoms. The van der Waals surface area contributed by atoms with Crippen LogP contribution in [0.15, 0.2) is 30.7 Å². The van der Waals surface area contributed by atoms with E-state index in [1.54, 1.807) is 6.20 Å². The number of rotatable bonds is 0. The second kappa shape index (κ2) is 2.79. The average Bonchev–Trinajstić information content (AvgIpc) is 2.65. The molecule has 0 spiro atoms. The Morgan fingerprint density at radius 3 is 2.93 bits per heavy atom. The molecular formula is C12H11N3. The zero-order valence-corrected chi connectivity index (χ0v) is 8.73. The molecule has 0 atom stereocenters. The third-order valence-electron chi connectivity index (χ3n) is 2.68. The van der Waals surface area contributed by atoms with Crippen LogP contribution in [0.1, 0.15) is 11.3 Å². The minimum Gasteiger partial charge on any atom is -0.305 e. The number of imidazole rings is 1. The molecular weight excluding hydrogens is 186 g/mol. The molecule has 74 valence electrons. The Labute approximate surface area is 87.4 Å². The van der Waals surface area contributed by atoms with E-state index in [2.05, 4.69) is 29.0 Å². The van der Waals surface area contributed by atoms with Gasteiger partial charge in [0.2, 0.25) is 0 Å². The van der Waals surface area contributed by atoms with Crippen molar-refractivity contribution >= 4 is 16.6 Å². The molecule has 3 heterocycles. The monoisotopic (exact) mass is 197 g/mol. The summed E-state index contributed by atoms with van der Waals surface area (Å²) in [5.41, 5.74) is 4.21. The van der Waals surface area contributed by atoms with Crippen molar-refractivity contribution in [2.75, 3.05) is 0 Å². The van der Waals surface area contributed by atoms with E-state index in [0.29, 0.717) is 0 Å². The first-order valence-electron chi connectivity index (χ1n) is 4.95. The summed E-state index contributed by atoms with van der Waals surface area (Å²) in [6.45, 7) is 4.12. The maximum Gasteiger partial charge on any atom is 0.163 e. The zero-order chi connectivity index (χ0) is 10.4. The summed E-state index contributed by atoms with van der Waals surface area (Å²) < 4.78 is 1.99. The Hall–Kier alpha value is -1.90. The molecule has 0 amide bonds.